The van der Waals surface area contributed by atoms with Crippen LogP contribution in [0.5, 0.6) is 5.75 Å². The Morgan fingerprint density at radius 2 is 2.14 bits per heavy atom. The first-order valence-corrected chi connectivity index (χ1v) is 6.83. The van der Waals surface area contributed by atoms with Crippen molar-refractivity contribution in [2.45, 2.75) is 26.3 Å². The Morgan fingerprint density at radius 3 is 2.71 bits per heavy atom. The van der Waals surface area contributed by atoms with Gasteiger partial charge in [-0.15, -0.1) is 0 Å². The van der Waals surface area contributed by atoms with Gasteiger partial charge in [-0.3, -0.25) is 4.79 Å². The zero-order valence-corrected chi connectivity index (χ0v) is 12.5. The molecule has 0 spiro atoms. The fourth-order valence-electron chi connectivity index (χ4n) is 1.80. The number of carbonyl (C=O) groups is 2. The average molecular weight is 291 g/mol. The summed E-state index contributed by atoms with van der Waals surface area (Å²) in [4.78, 5) is 23.0. The quantitative estimate of drug-likeness (QED) is 0.756. The molecule has 0 fully saturated rings. The minimum Gasteiger partial charge on any atom is -0.497 e. The zero-order valence-electron chi connectivity index (χ0n) is 12.5. The molecular formula is C16H21NO4. The van der Waals surface area contributed by atoms with E-state index in [4.69, 9.17) is 9.84 Å². The van der Waals surface area contributed by atoms with E-state index in [1.807, 2.05) is 19.1 Å². The summed E-state index contributed by atoms with van der Waals surface area (Å²) in [6.45, 7) is 3.68. The molecule has 0 aromatic heterocycles. The number of benzene rings is 1. The van der Waals surface area contributed by atoms with Crippen LogP contribution in [0.15, 0.2) is 30.3 Å². The van der Waals surface area contributed by atoms with Gasteiger partial charge in [-0.25, -0.2) is 4.79 Å². The van der Waals surface area contributed by atoms with Crippen molar-refractivity contribution in [3.05, 3.63) is 35.9 Å². The van der Waals surface area contributed by atoms with Crippen LogP contribution in [0.1, 0.15) is 25.8 Å². The van der Waals surface area contributed by atoms with E-state index in [1.54, 1.807) is 32.2 Å². The third-order valence-electron chi connectivity index (χ3n) is 3.30. The zero-order chi connectivity index (χ0) is 15.8. The number of hydrogen-bond donors (Lipinski definition) is 2. The first kappa shape index (κ1) is 16.8. The largest absolute Gasteiger partial charge is 0.497 e. The van der Waals surface area contributed by atoms with Crippen LogP contribution >= 0.6 is 0 Å². The van der Waals surface area contributed by atoms with E-state index in [2.05, 4.69) is 5.32 Å². The molecule has 0 saturated carbocycles. The van der Waals surface area contributed by atoms with Crippen molar-refractivity contribution in [3.8, 4) is 5.75 Å². The molecule has 1 amide bonds. The Morgan fingerprint density at radius 1 is 1.43 bits per heavy atom. The van der Waals surface area contributed by atoms with Crippen LogP contribution in [-0.4, -0.2) is 30.1 Å². The van der Waals surface area contributed by atoms with Crippen LogP contribution < -0.4 is 10.1 Å². The van der Waals surface area contributed by atoms with Crippen LogP contribution in [0.4, 0.5) is 0 Å². The summed E-state index contributed by atoms with van der Waals surface area (Å²) in [7, 11) is 1.57. The second-order valence-corrected chi connectivity index (χ2v) is 4.82. The van der Waals surface area contributed by atoms with Gasteiger partial charge < -0.3 is 15.2 Å². The Bertz CT molecular complexity index is 525. The molecule has 1 aromatic carbocycles. The van der Waals surface area contributed by atoms with Crippen molar-refractivity contribution in [3.63, 3.8) is 0 Å². The van der Waals surface area contributed by atoms with Gasteiger partial charge in [0, 0.05) is 6.08 Å². The van der Waals surface area contributed by atoms with E-state index in [0.717, 1.165) is 5.56 Å². The van der Waals surface area contributed by atoms with E-state index < -0.39 is 17.9 Å². The second kappa shape index (κ2) is 8.09. The number of ether oxygens (including phenoxy) is 1. The summed E-state index contributed by atoms with van der Waals surface area (Å²) in [6.07, 6.45) is 3.62. The van der Waals surface area contributed by atoms with Crippen molar-refractivity contribution in [2.75, 3.05) is 7.11 Å². The molecule has 0 aliphatic carbocycles. The van der Waals surface area contributed by atoms with Crippen LogP contribution in [-0.2, 0) is 9.59 Å². The average Bonchev–Trinajstić information content (AvgIpc) is 2.49. The molecule has 2 N–H and O–H groups in total. The number of carboxylic acid groups (broad SMARTS) is 1. The summed E-state index contributed by atoms with van der Waals surface area (Å²) in [5.74, 6) is -0.879. The lowest BCUT2D eigenvalue weighted by Crippen LogP contribution is -2.44. The number of carbonyl (C=O) groups excluding carboxylic acids is 1. The van der Waals surface area contributed by atoms with E-state index in [-0.39, 0.29) is 5.92 Å². The highest BCUT2D eigenvalue weighted by Crippen LogP contribution is 2.13. The Labute approximate surface area is 124 Å². The van der Waals surface area contributed by atoms with E-state index in [9.17, 15) is 9.59 Å². The van der Waals surface area contributed by atoms with Crippen molar-refractivity contribution in [2.24, 2.45) is 5.92 Å². The highest BCUT2D eigenvalue weighted by Gasteiger charge is 2.24. The molecule has 0 unspecified atom stereocenters. The molecule has 0 radical (unpaired) electrons. The Balaban J connectivity index is 2.71. The van der Waals surface area contributed by atoms with Gasteiger partial charge in [0.1, 0.15) is 11.8 Å². The number of hydrogen-bond acceptors (Lipinski definition) is 3. The third kappa shape index (κ3) is 5.30. The minimum atomic E-state index is -1.02. The van der Waals surface area contributed by atoms with Gasteiger partial charge >= 0.3 is 5.97 Å². The van der Waals surface area contributed by atoms with Gasteiger partial charge in [0.25, 0.3) is 0 Å². The lowest BCUT2D eigenvalue weighted by atomic mass is 9.99. The number of aliphatic carboxylic acids is 1. The van der Waals surface area contributed by atoms with Crippen molar-refractivity contribution in [1.82, 2.24) is 5.32 Å². The molecule has 5 heteroatoms. The van der Waals surface area contributed by atoms with Crippen LogP contribution in [0.25, 0.3) is 6.08 Å². The predicted octanol–water partition coefficient (Wildman–Crippen LogP) is 2.32. The maximum absolute atomic E-state index is 11.8. The fraction of sp³-hybridized carbons (Fsp3) is 0.375. The predicted molar refractivity (Wildman–Crippen MR) is 81.0 cm³/mol. The summed E-state index contributed by atoms with van der Waals surface area (Å²) in [5, 5.41) is 11.6. The molecule has 114 valence electrons. The molecule has 1 aromatic rings. The smallest absolute Gasteiger partial charge is 0.326 e. The SMILES string of the molecule is CC[C@H](C)[C@H](NC(=O)/C=C/c1cccc(OC)c1)C(=O)O. The second-order valence-electron chi connectivity index (χ2n) is 4.82. The normalized spacial score (nSPS) is 13.7. The van der Waals surface area contributed by atoms with Crippen LogP contribution in [0.3, 0.4) is 0 Å². The van der Waals surface area contributed by atoms with Gasteiger partial charge in [-0.1, -0.05) is 32.4 Å². The van der Waals surface area contributed by atoms with Gasteiger partial charge in [-0.05, 0) is 29.7 Å². The summed E-state index contributed by atoms with van der Waals surface area (Å²) < 4.78 is 5.09. The lowest BCUT2D eigenvalue weighted by Gasteiger charge is -2.19. The standard InChI is InChI=1S/C16H21NO4/c1-4-11(2)15(16(19)20)17-14(18)9-8-12-6-5-7-13(10-12)21-3/h5-11,15H,4H2,1-3H3,(H,17,18)(H,19,20)/b9-8+/t11-,15-/m0/s1. The maximum atomic E-state index is 11.8. The van der Waals surface area contributed by atoms with E-state index in [0.29, 0.717) is 12.2 Å². The molecule has 1 rings (SSSR count). The summed E-state index contributed by atoms with van der Waals surface area (Å²) in [5.41, 5.74) is 0.805. The first-order chi connectivity index (χ1) is 9.97. The number of amides is 1. The molecular weight excluding hydrogens is 270 g/mol. The van der Waals surface area contributed by atoms with E-state index >= 15 is 0 Å². The molecule has 0 heterocycles. The van der Waals surface area contributed by atoms with Gasteiger partial charge in [0.2, 0.25) is 5.91 Å². The van der Waals surface area contributed by atoms with Crippen molar-refractivity contribution >= 4 is 18.0 Å². The van der Waals surface area contributed by atoms with Crippen LogP contribution in [0, 0.1) is 5.92 Å². The molecule has 0 aliphatic heterocycles. The third-order valence-corrected chi connectivity index (χ3v) is 3.30. The Kier molecular flexibility index (Phi) is 6.46. The van der Waals surface area contributed by atoms with Crippen LogP contribution in [0.2, 0.25) is 0 Å². The Hall–Kier alpha value is -2.30. The molecule has 0 aliphatic rings. The monoisotopic (exact) mass is 291 g/mol. The maximum Gasteiger partial charge on any atom is 0.326 e. The number of methoxy groups -OCH3 is 1. The van der Waals surface area contributed by atoms with Crippen molar-refractivity contribution in [1.29, 1.82) is 0 Å². The topological polar surface area (TPSA) is 75.6 Å². The molecule has 0 saturated heterocycles. The molecule has 0 bridgehead atoms. The summed E-state index contributed by atoms with van der Waals surface area (Å²) >= 11 is 0. The summed E-state index contributed by atoms with van der Waals surface area (Å²) in [6, 6.07) is 6.36. The minimum absolute atomic E-state index is 0.128. The highest BCUT2D eigenvalue weighted by atomic mass is 16.5. The molecule has 21 heavy (non-hydrogen) atoms. The fourth-order valence-corrected chi connectivity index (χ4v) is 1.80. The molecule has 5 nitrogen and oxygen atoms in total. The van der Waals surface area contributed by atoms with Gasteiger partial charge in [-0.2, -0.15) is 0 Å². The molecule has 2 atom stereocenters. The number of nitrogens with one attached hydrogen (secondary N) is 1. The number of carboxylic acids is 1. The lowest BCUT2D eigenvalue weighted by molar-refractivity contribution is -0.142. The number of rotatable bonds is 7. The van der Waals surface area contributed by atoms with Crippen molar-refractivity contribution < 1.29 is 19.4 Å². The van der Waals surface area contributed by atoms with Gasteiger partial charge in [0.15, 0.2) is 0 Å². The highest BCUT2D eigenvalue weighted by molar-refractivity contribution is 5.94. The first-order valence-electron chi connectivity index (χ1n) is 6.83. The van der Waals surface area contributed by atoms with Gasteiger partial charge in [0.05, 0.1) is 7.11 Å². The van der Waals surface area contributed by atoms with E-state index in [1.165, 1.54) is 6.08 Å².